The predicted molar refractivity (Wildman–Crippen MR) is 149 cm³/mol. The van der Waals surface area contributed by atoms with E-state index in [0.29, 0.717) is 41.7 Å². The van der Waals surface area contributed by atoms with Crippen LogP contribution in [0.25, 0.3) is 11.4 Å². The number of aliphatic hydroxyl groups is 1. The molecular weight excluding hydrogens is 534 g/mol. The quantitative estimate of drug-likeness (QED) is 0.300. The van der Waals surface area contributed by atoms with E-state index in [1.165, 1.54) is 13.8 Å². The number of carbonyl (C=O) groups excluding carboxylic acids is 1. The van der Waals surface area contributed by atoms with Gasteiger partial charge in [-0.2, -0.15) is 4.98 Å². The van der Waals surface area contributed by atoms with E-state index >= 15 is 0 Å². The molecule has 2 aromatic heterocycles. The zero-order valence-electron chi connectivity index (χ0n) is 24.0. The van der Waals surface area contributed by atoms with Crippen LogP contribution in [0.2, 0.25) is 0 Å². The van der Waals surface area contributed by atoms with Crippen molar-refractivity contribution < 1.29 is 27.9 Å². The second kappa shape index (κ2) is 13.3. The molecule has 0 radical (unpaired) electrons. The molecule has 12 heteroatoms. The third kappa shape index (κ3) is 8.66. The molecule has 1 aliphatic rings. The number of nitrogens with one attached hydrogen (secondary N) is 1. The number of hydrogen-bond donors (Lipinski definition) is 2. The first kappa shape index (κ1) is 30.3. The van der Waals surface area contributed by atoms with Gasteiger partial charge in [0, 0.05) is 50.6 Å². The molecule has 0 aliphatic carbocycles. The Morgan fingerprint density at radius 2 is 1.85 bits per heavy atom. The van der Waals surface area contributed by atoms with E-state index in [1.54, 1.807) is 12.4 Å². The fourth-order valence-electron chi connectivity index (χ4n) is 4.62. The molecule has 41 heavy (non-hydrogen) atoms. The molecule has 10 nitrogen and oxygen atoms in total. The number of halogens is 2. The molecule has 0 saturated carbocycles. The van der Waals surface area contributed by atoms with E-state index in [2.05, 4.69) is 44.2 Å². The minimum absolute atomic E-state index is 0.0337. The van der Waals surface area contributed by atoms with Crippen molar-refractivity contribution in [3.8, 4) is 17.1 Å². The van der Waals surface area contributed by atoms with E-state index in [4.69, 9.17) is 9.26 Å². The zero-order valence-corrected chi connectivity index (χ0v) is 24.0. The summed E-state index contributed by atoms with van der Waals surface area (Å²) >= 11 is 0. The summed E-state index contributed by atoms with van der Waals surface area (Å²) in [5.41, 5.74) is -1.18. The van der Waals surface area contributed by atoms with Gasteiger partial charge in [0.15, 0.2) is 0 Å². The monoisotopic (exact) mass is 572 g/mol. The standard InChI is InChI=1S/C29H38F2N6O4/c1-18(2)12-24-35-26(36-41-24)20-15-32-28(33-16-20)37-9-7-19(8-10-37)6-5-11-40-21-13-22(30)25(23(31)14-21)27(38)34-17-29(3,4)39/h13-16,18-19,39H,5-12,17H2,1-4H3,(H,34,38). The zero-order chi connectivity index (χ0) is 29.6. The lowest BCUT2D eigenvalue weighted by molar-refractivity contribution is 0.0690. The van der Waals surface area contributed by atoms with Crippen molar-refractivity contribution in [3.05, 3.63) is 47.6 Å². The third-order valence-corrected chi connectivity index (χ3v) is 6.79. The second-order valence-corrected chi connectivity index (χ2v) is 11.6. The average Bonchev–Trinajstić information content (AvgIpc) is 3.37. The minimum Gasteiger partial charge on any atom is -0.493 e. The molecule has 0 spiro atoms. The van der Waals surface area contributed by atoms with Crippen LogP contribution in [0.4, 0.5) is 14.7 Å². The van der Waals surface area contributed by atoms with Crippen molar-refractivity contribution in [1.29, 1.82) is 0 Å². The molecule has 3 heterocycles. The summed E-state index contributed by atoms with van der Waals surface area (Å²) < 4.78 is 39.8. The van der Waals surface area contributed by atoms with Crippen LogP contribution in [0.1, 0.15) is 69.6 Å². The summed E-state index contributed by atoms with van der Waals surface area (Å²) in [6, 6.07) is 2.02. The molecule has 3 aromatic rings. The van der Waals surface area contributed by atoms with Crippen LogP contribution in [0.5, 0.6) is 5.75 Å². The van der Waals surface area contributed by atoms with E-state index in [-0.39, 0.29) is 12.3 Å². The van der Waals surface area contributed by atoms with Gasteiger partial charge in [-0.05, 0) is 51.4 Å². The van der Waals surface area contributed by atoms with Gasteiger partial charge in [0.05, 0.1) is 17.8 Å². The van der Waals surface area contributed by atoms with Crippen molar-refractivity contribution in [3.63, 3.8) is 0 Å². The van der Waals surface area contributed by atoms with Crippen molar-refractivity contribution in [2.24, 2.45) is 11.8 Å². The topological polar surface area (TPSA) is 126 Å². The molecule has 1 fully saturated rings. The van der Waals surface area contributed by atoms with E-state index in [9.17, 15) is 18.7 Å². The van der Waals surface area contributed by atoms with Gasteiger partial charge in [-0.3, -0.25) is 4.79 Å². The van der Waals surface area contributed by atoms with Crippen LogP contribution in [0, 0.1) is 23.5 Å². The Balaban J connectivity index is 1.19. The van der Waals surface area contributed by atoms with E-state index in [1.807, 2.05) is 0 Å². The van der Waals surface area contributed by atoms with E-state index in [0.717, 1.165) is 57.3 Å². The van der Waals surface area contributed by atoms with Crippen LogP contribution in [-0.2, 0) is 6.42 Å². The van der Waals surface area contributed by atoms with Crippen molar-refractivity contribution in [1.82, 2.24) is 25.4 Å². The Bertz CT molecular complexity index is 1280. The van der Waals surface area contributed by atoms with Crippen LogP contribution in [0.15, 0.2) is 29.0 Å². The minimum atomic E-state index is -1.20. The van der Waals surface area contributed by atoms with Gasteiger partial charge >= 0.3 is 0 Å². The molecule has 0 atom stereocenters. The van der Waals surface area contributed by atoms with Gasteiger partial charge < -0.3 is 24.6 Å². The molecule has 0 bridgehead atoms. The normalized spacial score (nSPS) is 14.5. The Morgan fingerprint density at radius 3 is 2.46 bits per heavy atom. The summed E-state index contributed by atoms with van der Waals surface area (Å²) in [7, 11) is 0. The average molecular weight is 573 g/mol. The van der Waals surface area contributed by atoms with Crippen LogP contribution >= 0.6 is 0 Å². The molecule has 2 N–H and O–H groups in total. The van der Waals surface area contributed by atoms with Gasteiger partial charge in [-0.25, -0.2) is 18.7 Å². The fraction of sp³-hybridized carbons (Fsp3) is 0.552. The lowest BCUT2D eigenvalue weighted by Gasteiger charge is -2.32. The number of anilines is 1. The number of aromatic nitrogens is 4. The summed E-state index contributed by atoms with van der Waals surface area (Å²) in [4.78, 5) is 27.7. The summed E-state index contributed by atoms with van der Waals surface area (Å²) in [6.45, 7) is 8.99. The number of nitrogens with zero attached hydrogens (tertiary/aromatic N) is 5. The third-order valence-electron chi connectivity index (χ3n) is 6.79. The maximum absolute atomic E-state index is 14.4. The predicted octanol–water partition coefficient (Wildman–Crippen LogP) is 4.58. The highest BCUT2D eigenvalue weighted by atomic mass is 19.1. The first-order valence-corrected chi connectivity index (χ1v) is 14.0. The van der Waals surface area contributed by atoms with Crippen molar-refractivity contribution >= 4 is 11.9 Å². The van der Waals surface area contributed by atoms with Crippen molar-refractivity contribution in [2.45, 2.75) is 65.4 Å². The SMILES string of the molecule is CC(C)Cc1nc(-c2cnc(N3CCC(CCCOc4cc(F)c(C(=O)NCC(C)(C)O)c(F)c4)CC3)nc2)no1. The molecule has 1 saturated heterocycles. The Morgan fingerprint density at radius 1 is 1.20 bits per heavy atom. The van der Waals surface area contributed by atoms with Gasteiger partial charge in [0.2, 0.25) is 17.7 Å². The highest BCUT2D eigenvalue weighted by Gasteiger charge is 2.23. The number of hydrogen-bond acceptors (Lipinski definition) is 9. The molecule has 4 rings (SSSR count). The maximum atomic E-state index is 14.4. The van der Waals surface area contributed by atoms with Gasteiger partial charge in [-0.1, -0.05) is 19.0 Å². The molecule has 222 valence electrons. The fourth-order valence-corrected chi connectivity index (χ4v) is 4.62. The number of ether oxygens (including phenoxy) is 1. The Kier molecular flexibility index (Phi) is 9.85. The molecule has 1 aliphatic heterocycles. The highest BCUT2D eigenvalue weighted by molar-refractivity contribution is 5.95. The summed E-state index contributed by atoms with van der Waals surface area (Å²) in [5.74, 6) is -0.222. The molecule has 0 unspecified atom stereocenters. The molecule has 1 amide bonds. The number of amides is 1. The summed E-state index contributed by atoms with van der Waals surface area (Å²) in [5, 5.41) is 16.1. The number of piperidine rings is 1. The van der Waals surface area contributed by atoms with Gasteiger partial charge in [0.25, 0.3) is 5.91 Å². The molecule has 1 aromatic carbocycles. The van der Waals surface area contributed by atoms with E-state index < -0.39 is 28.7 Å². The van der Waals surface area contributed by atoms with Crippen LogP contribution < -0.4 is 15.0 Å². The summed E-state index contributed by atoms with van der Waals surface area (Å²) in [6.07, 6.45) is 7.77. The van der Waals surface area contributed by atoms with Crippen LogP contribution in [-0.4, -0.2) is 63.0 Å². The first-order valence-electron chi connectivity index (χ1n) is 14.0. The van der Waals surface area contributed by atoms with Crippen molar-refractivity contribution in [2.75, 3.05) is 31.1 Å². The maximum Gasteiger partial charge on any atom is 0.257 e. The lowest BCUT2D eigenvalue weighted by Crippen LogP contribution is -2.38. The first-order chi connectivity index (χ1) is 19.5. The lowest BCUT2D eigenvalue weighted by atomic mass is 9.92. The number of rotatable bonds is 12. The van der Waals surface area contributed by atoms with Gasteiger partial charge in [0.1, 0.15) is 22.9 Å². The number of carbonyl (C=O) groups is 1. The Labute approximate surface area is 238 Å². The highest BCUT2D eigenvalue weighted by Crippen LogP contribution is 2.26. The second-order valence-electron chi connectivity index (χ2n) is 11.6. The molecular formula is C29H38F2N6O4. The van der Waals surface area contributed by atoms with Crippen LogP contribution in [0.3, 0.4) is 0 Å². The van der Waals surface area contributed by atoms with Gasteiger partial charge in [-0.15, -0.1) is 0 Å². The Hall–Kier alpha value is -3.67. The smallest absolute Gasteiger partial charge is 0.257 e. The number of benzene rings is 1. The largest absolute Gasteiger partial charge is 0.493 e.